The molecule has 3 rings (SSSR count). The van der Waals surface area contributed by atoms with E-state index < -0.39 is 0 Å². The fourth-order valence-corrected chi connectivity index (χ4v) is 3.70. The molecule has 0 amide bonds. The first-order chi connectivity index (χ1) is 10.2. The van der Waals surface area contributed by atoms with Crippen LogP contribution in [0.3, 0.4) is 0 Å². The second-order valence-corrected chi connectivity index (χ2v) is 6.01. The lowest BCUT2D eigenvalue weighted by molar-refractivity contribution is 0.565. The predicted molar refractivity (Wildman–Crippen MR) is 85.2 cm³/mol. The molecule has 0 aliphatic rings. The van der Waals surface area contributed by atoms with Crippen molar-refractivity contribution >= 4 is 21.4 Å². The van der Waals surface area contributed by atoms with E-state index in [1.807, 2.05) is 18.5 Å². The summed E-state index contributed by atoms with van der Waals surface area (Å²) >= 11 is 1.62. The molecule has 3 nitrogen and oxygen atoms in total. The van der Waals surface area contributed by atoms with Gasteiger partial charge in [-0.1, -0.05) is 13.0 Å². The predicted octanol–water partition coefficient (Wildman–Crippen LogP) is 3.96. The van der Waals surface area contributed by atoms with Crippen molar-refractivity contribution in [2.75, 3.05) is 6.54 Å². The van der Waals surface area contributed by atoms with Gasteiger partial charge in [-0.3, -0.25) is 0 Å². The number of fused-ring (bicyclic) bond motifs is 1. The van der Waals surface area contributed by atoms with E-state index in [-0.39, 0.29) is 11.9 Å². The van der Waals surface area contributed by atoms with Crippen LogP contribution < -0.4 is 5.32 Å². The minimum absolute atomic E-state index is 0.0467. The third-order valence-corrected chi connectivity index (χ3v) is 4.70. The third kappa shape index (κ3) is 2.71. The molecule has 21 heavy (non-hydrogen) atoms. The summed E-state index contributed by atoms with van der Waals surface area (Å²) in [5, 5.41) is 4.56. The fraction of sp³-hybridized carbons (Fsp3) is 0.312. The first-order valence-corrected chi connectivity index (χ1v) is 7.98. The molecule has 1 aromatic carbocycles. The number of aromatic nitrogens is 2. The zero-order valence-electron chi connectivity index (χ0n) is 12.1. The highest BCUT2D eigenvalue weighted by Crippen LogP contribution is 2.33. The van der Waals surface area contributed by atoms with E-state index in [0.29, 0.717) is 0 Å². The molecule has 110 valence electrons. The Balaban J connectivity index is 2.06. The molecule has 0 bridgehead atoms. The van der Waals surface area contributed by atoms with Crippen LogP contribution in [0.1, 0.15) is 30.6 Å². The van der Waals surface area contributed by atoms with Crippen molar-refractivity contribution in [3.05, 3.63) is 53.2 Å². The Bertz CT molecular complexity index is 747. The van der Waals surface area contributed by atoms with Crippen molar-refractivity contribution in [2.24, 2.45) is 0 Å². The molecule has 0 saturated carbocycles. The third-order valence-electron chi connectivity index (χ3n) is 3.54. The lowest BCUT2D eigenvalue weighted by atomic mass is 10.2. The summed E-state index contributed by atoms with van der Waals surface area (Å²) in [6.07, 6.45) is 3.82. The topological polar surface area (TPSA) is 29.9 Å². The van der Waals surface area contributed by atoms with E-state index >= 15 is 0 Å². The van der Waals surface area contributed by atoms with Gasteiger partial charge in [0, 0.05) is 28.5 Å². The molecule has 1 unspecified atom stereocenters. The van der Waals surface area contributed by atoms with Crippen LogP contribution in [0.5, 0.6) is 0 Å². The molecule has 0 aliphatic heterocycles. The van der Waals surface area contributed by atoms with Gasteiger partial charge in [0.25, 0.3) is 0 Å². The van der Waals surface area contributed by atoms with Gasteiger partial charge in [0.2, 0.25) is 0 Å². The molecule has 0 fully saturated rings. The molecule has 3 aromatic rings. The maximum atomic E-state index is 13.4. The number of nitrogens with one attached hydrogen (secondary N) is 1. The van der Waals surface area contributed by atoms with Crippen molar-refractivity contribution in [2.45, 2.75) is 26.4 Å². The zero-order valence-corrected chi connectivity index (χ0v) is 13.0. The van der Waals surface area contributed by atoms with E-state index in [2.05, 4.69) is 34.8 Å². The van der Waals surface area contributed by atoms with Crippen LogP contribution >= 0.6 is 11.3 Å². The molecule has 0 spiro atoms. The number of hydrogen-bond donors (Lipinski definition) is 1. The number of benzene rings is 1. The van der Waals surface area contributed by atoms with Gasteiger partial charge in [-0.2, -0.15) is 0 Å². The van der Waals surface area contributed by atoms with Gasteiger partial charge in [0.1, 0.15) is 17.7 Å². The summed E-state index contributed by atoms with van der Waals surface area (Å²) in [6, 6.07) is 7.11. The van der Waals surface area contributed by atoms with Crippen LogP contribution in [0.25, 0.3) is 10.1 Å². The minimum atomic E-state index is -0.189. The lowest BCUT2D eigenvalue weighted by Gasteiger charge is -2.17. The minimum Gasteiger partial charge on any atom is -0.334 e. The number of nitrogens with zero attached hydrogens (tertiary/aromatic N) is 2. The van der Waals surface area contributed by atoms with Gasteiger partial charge in [-0.25, -0.2) is 9.37 Å². The summed E-state index contributed by atoms with van der Waals surface area (Å²) in [7, 11) is 0. The van der Waals surface area contributed by atoms with E-state index in [0.717, 1.165) is 29.0 Å². The van der Waals surface area contributed by atoms with E-state index in [9.17, 15) is 4.39 Å². The highest BCUT2D eigenvalue weighted by Gasteiger charge is 2.20. The molecule has 1 atom stereocenters. The van der Waals surface area contributed by atoms with Crippen molar-refractivity contribution in [1.29, 1.82) is 0 Å². The molecular formula is C16H18FN3S. The molecule has 1 N–H and O–H groups in total. The number of imidazole rings is 1. The Hall–Kier alpha value is -1.72. The average molecular weight is 303 g/mol. The van der Waals surface area contributed by atoms with Crippen LogP contribution in [-0.2, 0) is 6.54 Å². The summed E-state index contributed by atoms with van der Waals surface area (Å²) in [5.74, 6) is 0.817. The Labute approximate surface area is 127 Å². The largest absolute Gasteiger partial charge is 0.334 e. The highest BCUT2D eigenvalue weighted by atomic mass is 32.1. The smallest absolute Gasteiger partial charge is 0.131 e. The number of hydrogen-bond acceptors (Lipinski definition) is 3. The average Bonchev–Trinajstić information content (AvgIpc) is 3.10. The summed E-state index contributed by atoms with van der Waals surface area (Å²) < 4.78 is 16.5. The second-order valence-electron chi connectivity index (χ2n) is 4.89. The monoisotopic (exact) mass is 303 g/mol. The van der Waals surface area contributed by atoms with E-state index in [4.69, 9.17) is 0 Å². The van der Waals surface area contributed by atoms with E-state index in [1.165, 1.54) is 10.9 Å². The van der Waals surface area contributed by atoms with Gasteiger partial charge < -0.3 is 9.88 Å². The SMILES string of the molecule is CCNC(c1cc2ccc(F)cc2s1)c1nccn1CC. The van der Waals surface area contributed by atoms with E-state index in [1.54, 1.807) is 17.4 Å². The van der Waals surface area contributed by atoms with Crippen LogP contribution in [-0.4, -0.2) is 16.1 Å². The standard InChI is InChI=1S/C16H18FN3S/c1-3-18-15(16-19-7-8-20(16)4-2)14-9-11-5-6-12(17)10-13(11)21-14/h5-10,15,18H,3-4H2,1-2H3. The van der Waals surface area contributed by atoms with Gasteiger partial charge in [0.05, 0.1) is 0 Å². The summed E-state index contributed by atoms with van der Waals surface area (Å²) in [5.41, 5.74) is 0. The molecular weight excluding hydrogens is 285 g/mol. The molecule has 2 aromatic heterocycles. The van der Waals surface area contributed by atoms with Crippen molar-refractivity contribution in [3.8, 4) is 0 Å². The van der Waals surface area contributed by atoms with Crippen molar-refractivity contribution in [3.63, 3.8) is 0 Å². The van der Waals surface area contributed by atoms with Crippen molar-refractivity contribution in [1.82, 2.24) is 14.9 Å². The van der Waals surface area contributed by atoms with Gasteiger partial charge in [0.15, 0.2) is 0 Å². The number of thiophene rings is 1. The maximum Gasteiger partial charge on any atom is 0.131 e. The second kappa shape index (κ2) is 5.95. The fourth-order valence-electron chi connectivity index (χ4n) is 2.54. The number of halogens is 1. The van der Waals surface area contributed by atoms with Crippen LogP contribution in [0, 0.1) is 5.82 Å². The molecule has 2 heterocycles. The first-order valence-electron chi connectivity index (χ1n) is 7.16. The summed E-state index contributed by atoms with van der Waals surface area (Å²) in [4.78, 5) is 5.67. The quantitative estimate of drug-likeness (QED) is 0.773. The molecule has 5 heteroatoms. The zero-order chi connectivity index (χ0) is 14.8. The molecule has 0 saturated heterocycles. The van der Waals surface area contributed by atoms with Crippen molar-refractivity contribution < 1.29 is 4.39 Å². The Morgan fingerprint density at radius 2 is 2.19 bits per heavy atom. The first kappa shape index (κ1) is 14.2. The van der Waals surface area contributed by atoms with Gasteiger partial charge in [-0.05, 0) is 37.1 Å². The Morgan fingerprint density at radius 1 is 1.33 bits per heavy atom. The number of aryl methyl sites for hydroxylation is 1. The number of rotatable bonds is 5. The Kier molecular flexibility index (Phi) is 4.03. The highest BCUT2D eigenvalue weighted by molar-refractivity contribution is 7.19. The van der Waals surface area contributed by atoms with Crippen LogP contribution in [0.4, 0.5) is 4.39 Å². The van der Waals surface area contributed by atoms with Crippen LogP contribution in [0.15, 0.2) is 36.7 Å². The molecule has 0 aliphatic carbocycles. The van der Waals surface area contributed by atoms with Gasteiger partial charge >= 0.3 is 0 Å². The normalized spacial score (nSPS) is 12.9. The summed E-state index contributed by atoms with van der Waals surface area (Å²) in [6.45, 7) is 5.92. The van der Waals surface area contributed by atoms with Gasteiger partial charge in [-0.15, -0.1) is 11.3 Å². The maximum absolute atomic E-state index is 13.4. The molecule has 0 radical (unpaired) electrons. The Morgan fingerprint density at radius 3 is 2.95 bits per heavy atom. The van der Waals surface area contributed by atoms with Crippen LogP contribution in [0.2, 0.25) is 0 Å². The lowest BCUT2D eigenvalue weighted by Crippen LogP contribution is -2.24.